The van der Waals surface area contributed by atoms with Gasteiger partial charge in [-0.1, -0.05) is 24.3 Å². The maximum Gasteiger partial charge on any atom is 0.231 e. The van der Waals surface area contributed by atoms with Crippen molar-refractivity contribution in [1.29, 1.82) is 0 Å². The summed E-state index contributed by atoms with van der Waals surface area (Å²) in [5.74, 6) is 4.19. The number of ether oxygens (including phenoxy) is 3. The summed E-state index contributed by atoms with van der Waals surface area (Å²) in [5, 5.41) is 3.39. The summed E-state index contributed by atoms with van der Waals surface area (Å²) in [4.78, 5) is 19.0. The van der Waals surface area contributed by atoms with E-state index in [1.807, 2.05) is 36.4 Å². The second-order valence-corrected chi connectivity index (χ2v) is 9.81. The molecule has 1 N–H and O–H groups in total. The third-order valence-electron chi connectivity index (χ3n) is 6.88. The van der Waals surface area contributed by atoms with Crippen LogP contribution < -0.4 is 24.4 Å². The minimum atomic E-state index is 0.214. The molecule has 0 amide bonds. The van der Waals surface area contributed by atoms with Crippen molar-refractivity contribution in [3.8, 4) is 17.2 Å². The third-order valence-corrected chi connectivity index (χ3v) is 6.88. The number of hydrogen-bond acceptors (Lipinski definition) is 9. The lowest BCUT2D eigenvalue weighted by molar-refractivity contribution is 0.174. The highest BCUT2D eigenvalue weighted by molar-refractivity contribution is 5.85. The summed E-state index contributed by atoms with van der Waals surface area (Å²) in [6.07, 6.45) is 1.61. The lowest BCUT2D eigenvalue weighted by atomic mass is 10.1. The minimum Gasteiger partial charge on any atom is -0.492 e. The Bertz CT molecular complexity index is 1380. The fourth-order valence-corrected chi connectivity index (χ4v) is 4.98. The molecule has 6 rings (SSSR count). The maximum atomic E-state index is 5.82. The number of nitrogens with zero attached hydrogens (tertiary/aromatic N) is 6. The van der Waals surface area contributed by atoms with Gasteiger partial charge in [0.1, 0.15) is 18.7 Å². The molecule has 2 aromatic heterocycles. The first-order valence-corrected chi connectivity index (χ1v) is 13.2. The normalized spacial score (nSPS) is 15.4. The molecule has 38 heavy (non-hydrogen) atoms. The van der Waals surface area contributed by atoms with Crippen molar-refractivity contribution < 1.29 is 14.2 Å². The number of para-hydroxylation sites is 1. The van der Waals surface area contributed by atoms with E-state index in [2.05, 4.69) is 55.6 Å². The molecule has 2 aromatic carbocycles. The predicted octanol–water partition coefficient (Wildman–Crippen LogP) is 3.95. The molecule has 0 radical (unpaired) electrons. The van der Waals surface area contributed by atoms with Gasteiger partial charge < -0.3 is 24.4 Å². The average Bonchev–Trinajstić information content (AvgIpc) is 3.57. The molecule has 0 spiro atoms. The van der Waals surface area contributed by atoms with Crippen LogP contribution >= 0.6 is 0 Å². The van der Waals surface area contributed by atoms with Crippen molar-refractivity contribution in [3.05, 3.63) is 60.4 Å². The van der Waals surface area contributed by atoms with Crippen molar-refractivity contribution >= 4 is 22.9 Å². The van der Waals surface area contributed by atoms with E-state index in [9.17, 15) is 0 Å². The molecule has 4 aromatic rings. The Kier molecular flexibility index (Phi) is 6.87. The lowest BCUT2D eigenvalue weighted by Crippen LogP contribution is -2.47. The van der Waals surface area contributed by atoms with Crippen LogP contribution in [-0.4, -0.2) is 70.5 Å². The molecule has 1 fully saturated rings. The number of nitrogens with one attached hydrogen (secondary N) is 1. The molecule has 4 heterocycles. The Balaban J connectivity index is 1.13. The molecule has 2 aliphatic rings. The maximum absolute atomic E-state index is 5.82. The first kappa shape index (κ1) is 24.3. The van der Waals surface area contributed by atoms with Gasteiger partial charge in [0, 0.05) is 38.8 Å². The fraction of sp³-hybridized carbons (Fsp3) is 0.393. The van der Waals surface area contributed by atoms with E-state index in [0.717, 1.165) is 72.9 Å². The van der Waals surface area contributed by atoms with Crippen molar-refractivity contribution in [3.63, 3.8) is 0 Å². The van der Waals surface area contributed by atoms with Gasteiger partial charge in [0.15, 0.2) is 28.5 Å². The number of piperazine rings is 1. The van der Waals surface area contributed by atoms with E-state index in [1.165, 1.54) is 5.56 Å². The first-order chi connectivity index (χ1) is 18.7. The van der Waals surface area contributed by atoms with Crippen molar-refractivity contribution in [2.45, 2.75) is 26.4 Å². The molecule has 1 saturated heterocycles. The van der Waals surface area contributed by atoms with Crippen LogP contribution in [0.5, 0.6) is 17.2 Å². The number of rotatable bonds is 9. The zero-order valence-electron chi connectivity index (χ0n) is 21.8. The summed E-state index contributed by atoms with van der Waals surface area (Å²) in [5.41, 5.74) is 2.87. The predicted molar refractivity (Wildman–Crippen MR) is 146 cm³/mol. The topological polar surface area (TPSA) is 89.8 Å². The molecule has 0 bridgehead atoms. The summed E-state index contributed by atoms with van der Waals surface area (Å²) in [6, 6.07) is 16.2. The van der Waals surface area contributed by atoms with E-state index in [-0.39, 0.29) is 6.04 Å². The van der Waals surface area contributed by atoms with Gasteiger partial charge in [-0.25, -0.2) is 15.0 Å². The molecule has 0 saturated carbocycles. The van der Waals surface area contributed by atoms with E-state index < -0.39 is 0 Å². The monoisotopic (exact) mass is 515 g/mol. The van der Waals surface area contributed by atoms with Gasteiger partial charge in [-0.3, -0.25) is 9.47 Å². The third kappa shape index (κ3) is 5.04. The number of aromatic nitrogens is 4. The summed E-state index contributed by atoms with van der Waals surface area (Å²) >= 11 is 0. The first-order valence-electron chi connectivity index (χ1n) is 13.2. The number of anilines is 2. The van der Waals surface area contributed by atoms with Gasteiger partial charge in [-0.05, 0) is 43.7 Å². The van der Waals surface area contributed by atoms with Gasteiger partial charge in [0.2, 0.25) is 12.7 Å². The molecule has 2 aliphatic heterocycles. The van der Waals surface area contributed by atoms with Gasteiger partial charge in [0.25, 0.3) is 0 Å². The molecular weight excluding hydrogens is 482 g/mol. The number of fused-ring (bicyclic) bond motifs is 2. The second-order valence-electron chi connectivity index (χ2n) is 9.81. The molecule has 0 atom stereocenters. The molecule has 10 nitrogen and oxygen atoms in total. The summed E-state index contributed by atoms with van der Waals surface area (Å²) in [7, 11) is 0. The standard InChI is InChI=1S/C28H33N7O3/c1-20(2)35-27-25(26(30-18-31-27)29-10-15-36-22-6-4-3-5-7-22)32-28(35)34-13-11-33(12-14-34)17-21-8-9-23-24(16-21)38-19-37-23/h3-9,16,18,20H,10-15,17,19H2,1-2H3,(H,29,30,31). The van der Waals surface area contributed by atoms with Crippen LogP contribution in [-0.2, 0) is 6.54 Å². The molecule has 0 aliphatic carbocycles. The van der Waals surface area contributed by atoms with Gasteiger partial charge in [-0.2, -0.15) is 0 Å². The van der Waals surface area contributed by atoms with E-state index in [0.29, 0.717) is 19.9 Å². The Morgan fingerprint density at radius 1 is 0.974 bits per heavy atom. The van der Waals surface area contributed by atoms with Crippen molar-refractivity contribution in [2.75, 3.05) is 56.3 Å². The van der Waals surface area contributed by atoms with Crippen molar-refractivity contribution in [2.24, 2.45) is 0 Å². The smallest absolute Gasteiger partial charge is 0.231 e. The zero-order valence-corrected chi connectivity index (χ0v) is 21.8. The molecule has 198 valence electrons. The molecular formula is C28H33N7O3. The number of imidazole rings is 1. The van der Waals surface area contributed by atoms with Crippen LogP contribution in [0.15, 0.2) is 54.9 Å². The van der Waals surface area contributed by atoms with Crippen LogP contribution in [0.3, 0.4) is 0 Å². The Morgan fingerprint density at radius 2 is 1.79 bits per heavy atom. The van der Waals surface area contributed by atoms with E-state index in [1.54, 1.807) is 6.33 Å². The van der Waals surface area contributed by atoms with Gasteiger partial charge in [0.05, 0.1) is 6.54 Å². The highest BCUT2D eigenvalue weighted by Gasteiger charge is 2.26. The molecule has 0 unspecified atom stereocenters. The quantitative estimate of drug-likeness (QED) is 0.333. The summed E-state index contributed by atoms with van der Waals surface area (Å²) < 4.78 is 19.0. The Labute approximate surface area is 222 Å². The number of hydrogen-bond donors (Lipinski definition) is 1. The summed E-state index contributed by atoms with van der Waals surface area (Å²) in [6.45, 7) is 10.3. The Hall–Kier alpha value is -4.05. The van der Waals surface area contributed by atoms with Crippen LogP contribution in [0.2, 0.25) is 0 Å². The van der Waals surface area contributed by atoms with Gasteiger partial charge in [-0.15, -0.1) is 0 Å². The second kappa shape index (κ2) is 10.7. The van der Waals surface area contributed by atoms with Crippen LogP contribution in [0.1, 0.15) is 25.5 Å². The van der Waals surface area contributed by atoms with Gasteiger partial charge >= 0.3 is 0 Å². The average molecular weight is 516 g/mol. The molecule has 10 heteroatoms. The van der Waals surface area contributed by atoms with Crippen molar-refractivity contribution in [1.82, 2.24) is 24.4 Å². The largest absolute Gasteiger partial charge is 0.492 e. The highest BCUT2D eigenvalue weighted by Crippen LogP contribution is 2.33. The lowest BCUT2D eigenvalue weighted by Gasteiger charge is -2.35. The van der Waals surface area contributed by atoms with Crippen LogP contribution in [0.25, 0.3) is 11.2 Å². The SMILES string of the molecule is CC(C)n1c(N2CCN(Cc3ccc4c(c3)OCO4)CC2)nc2c(NCCOc3ccccc3)ncnc21. The minimum absolute atomic E-state index is 0.214. The fourth-order valence-electron chi connectivity index (χ4n) is 4.98. The highest BCUT2D eigenvalue weighted by atomic mass is 16.7. The van der Waals surface area contributed by atoms with Crippen LogP contribution in [0.4, 0.5) is 11.8 Å². The zero-order chi connectivity index (χ0) is 25.9. The number of benzene rings is 2. The van der Waals surface area contributed by atoms with E-state index >= 15 is 0 Å². The Morgan fingerprint density at radius 3 is 2.61 bits per heavy atom. The van der Waals surface area contributed by atoms with Crippen LogP contribution in [0, 0.1) is 0 Å². The van der Waals surface area contributed by atoms with E-state index in [4.69, 9.17) is 19.2 Å².